The van der Waals surface area contributed by atoms with Crippen molar-refractivity contribution >= 4 is 11.6 Å². The maximum atomic E-state index is 13.1. The number of halogens is 3. The van der Waals surface area contributed by atoms with Gasteiger partial charge in [-0.1, -0.05) is 13.8 Å². The van der Waals surface area contributed by atoms with Crippen LogP contribution in [0.1, 0.15) is 46.0 Å². The molecule has 2 aliphatic rings. The molecule has 1 saturated carbocycles. The van der Waals surface area contributed by atoms with Gasteiger partial charge in [0.15, 0.2) is 0 Å². The minimum absolute atomic E-state index is 0.243. The van der Waals surface area contributed by atoms with Crippen LogP contribution in [0.15, 0.2) is 5.10 Å². The maximum absolute atomic E-state index is 13.1. The molecule has 1 amide bonds. The van der Waals surface area contributed by atoms with Gasteiger partial charge in [0.2, 0.25) is 5.91 Å². The predicted molar refractivity (Wildman–Crippen MR) is 66.7 cm³/mol. The highest BCUT2D eigenvalue weighted by Gasteiger charge is 2.64. The summed E-state index contributed by atoms with van der Waals surface area (Å²) in [6, 6.07) is 0. The van der Waals surface area contributed by atoms with E-state index in [-0.39, 0.29) is 10.7 Å². The van der Waals surface area contributed by atoms with Crippen LogP contribution in [0.2, 0.25) is 0 Å². The summed E-state index contributed by atoms with van der Waals surface area (Å²) in [7, 11) is 0. The Kier molecular flexibility index (Phi) is 3.83. The first kappa shape index (κ1) is 15.3. The summed E-state index contributed by atoms with van der Waals surface area (Å²) in [6.07, 6.45) is -3.36. The fourth-order valence-corrected chi connectivity index (χ4v) is 2.17. The van der Waals surface area contributed by atoms with Crippen LogP contribution in [0.25, 0.3) is 0 Å². The maximum Gasteiger partial charge on any atom is 0.438 e. The highest BCUT2D eigenvalue weighted by molar-refractivity contribution is 5.91. The molecule has 1 aliphatic carbocycles. The van der Waals surface area contributed by atoms with Crippen LogP contribution in [0.3, 0.4) is 0 Å². The van der Waals surface area contributed by atoms with Crippen LogP contribution in [-0.4, -0.2) is 33.6 Å². The van der Waals surface area contributed by atoms with Crippen molar-refractivity contribution in [2.75, 3.05) is 0 Å². The van der Waals surface area contributed by atoms with E-state index >= 15 is 0 Å². The lowest BCUT2D eigenvalue weighted by molar-refractivity contribution is -0.302. The Morgan fingerprint density at radius 1 is 1.50 bits per heavy atom. The molecule has 1 fully saturated rings. The van der Waals surface area contributed by atoms with E-state index in [2.05, 4.69) is 5.10 Å². The molecule has 0 saturated heterocycles. The predicted octanol–water partition coefficient (Wildman–Crippen LogP) is 2.67. The van der Waals surface area contributed by atoms with Gasteiger partial charge in [-0.15, -0.1) is 0 Å². The first-order valence-corrected chi connectivity index (χ1v) is 6.84. The Bertz CT molecular complexity index is 430. The highest BCUT2D eigenvalue weighted by Crippen LogP contribution is 2.44. The Morgan fingerprint density at radius 3 is 2.55 bits per heavy atom. The molecule has 0 spiro atoms. The van der Waals surface area contributed by atoms with E-state index in [9.17, 15) is 23.1 Å². The van der Waals surface area contributed by atoms with Gasteiger partial charge in [-0.3, -0.25) is 4.79 Å². The SMILES string of the molecule is CC(C)CCC1=NN(C(=O)C2CC2)C(O)(C(F)(F)F)C1. The average molecular weight is 292 g/mol. The van der Waals surface area contributed by atoms with E-state index in [1.807, 2.05) is 13.8 Å². The molecule has 0 aromatic heterocycles. The summed E-state index contributed by atoms with van der Waals surface area (Å²) >= 11 is 0. The monoisotopic (exact) mass is 292 g/mol. The summed E-state index contributed by atoms with van der Waals surface area (Å²) in [5, 5.41) is 14.0. The molecule has 114 valence electrons. The van der Waals surface area contributed by atoms with Gasteiger partial charge in [0.1, 0.15) is 0 Å². The number of rotatable bonds is 4. The Hall–Kier alpha value is -1.11. The van der Waals surface area contributed by atoms with Gasteiger partial charge in [0.25, 0.3) is 5.72 Å². The van der Waals surface area contributed by atoms with Crippen molar-refractivity contribution in [1.82, 2.24) is 5.01 Å². The summed E-state index contributed by atoms with van der Waals surface area (Å²) in [4.78, 5) is 11.9. The molecule has 4 nitrogen and oxygen atoms in total. The Labute approximate surface area is 115 Å². The zero-order valence-electron chi connectivity index (χ0n) is 11.6. The van der Waals surface area contributed by atoms with Crippen molar-refractivity contribution in [3.05, 3.63) is 0 Å². The molecule has 0 bridgehead atoms. The first-order valence-electron chi connectivity index (χ1n) is 6.84. The lowest BCUT2D eigenvalue weighted by Crippen LogP contribution is -2.57. The zero-order valence-corrected chi connectivity index (χ0v) is 11.6. The highest BCUT2D eigenvalue weighted by atomic mass is 19.4. The quantitative estimate of drug-likeness (QED) is 0.866. The van der Waals surface area contributed by atoms with Crippen LogP contribution in [-0.2, 0) is 4.79 Å². The number of carbonyl (C=O) groups excluding carboxylic acids is 1. The normalized spacial score (nSPS) is 27.1. The number of nitrogens with zero attached hydrogens (tertiary/aromatic N) is 2. The van der Waals surface area contributed by atoms with Crippen LogP contribution in [0.5, 0.6) is 0 Å². The number of carbonyl (C=O) groups is 1. The third-order valence-corrected chi connectivity index (χ3v) is 3.64. The lowest BCUT2D eigenvalue weighted by Gasteiger charge is -2.32. The minimum atomic E-state index is -4.90. The first-order chi connectivity index (χ1) is 9.15. The Balaban J connectivity index is 2.18. The molecule has 0 aromatic rings. The van der Waals surface area contributed by atoms with Crippen LogP contribution in [0, 0.1) is 11.8 Å². The minimum Gasteiger partial charge on any atom is -0.362 e. The second kappa shape index (κ2) is 5.02. The molecule has 1 heterocycles. The van der Waals surface area contributed by atoms with Crippen LogP contribution in [0.4, 0.5) is 13.2 Å². The third-order valence-electron chi connectivity index (χ3n) is 3.64. The molecule has 7 heteroatoms. The van der Waals surface area contributed by atoms with Crippen molar-refractivity contribution in [2.24, 2.45) is 16.9 Å². The summed E-state index contributed by atoms with van der Waals surface area (Å²) < 4.78 is 39.3. The van der Waals surface area contributed by atoms with Gasteiger partial charge in [-0.25, -0.2) is 0 Å². The van der Waals surface area contributed by atoms with Gasteiger partial charge in [0, 0.05) is 18.1 Å². The third kappa shape index (κ3) is 2.82. The van der Waals surface area contributed by atoms with E-state index in [0.29, 0.717) is 31.6 Å². The smallest absolute Gasteiger partial charge is 0.362 e. The fourth-order valence-electron chi connectivity index (χ4n) is 2.17. The standard InChI is InChI=1S/C13H19F3N2O2/c1-8(2)3-6-10-7-12(20,13(14,15)16)18(17-10)11(19)9-4-5-9/h8-9,20H,3-7H2,1-2H3. The number of aliphatic hydroxyl groups is 1. The molecule has 0 aromatic carbocycles. The van der Waals surface area contributed by atoms with E-state index in [4.69, 9.17) is 0 Å². The van der Waals surface area contributed by atoms with Gasteiger partial charge in [-0.2, -0.15) is 23.3 Å². The van der Waals surface area contributed by atoms with Crippen molar-refractivity contribution in [1.29, 1.82) is 0 Å². The van der Waals surface area contributed by atoms with Crippen molar-refractivity contribution in [2.45, 2.75) is 57.9 Å². The van der Waals surface area contributed by atoms with Crippen molar-refractivity contribution in [3.8, 4) is 0 Å². The van der Waals surface area contributed by atoms with Gasteiger partial charge < -0.3 is 5.11 Å². The summed E-state index contributed by atoms with van der Waals surface area (Å²) in [5.41, 5.74) is -2.92. The largest absolute Gasteiger partial charge is 0.438 e. The van der Waals surface area contributed by atoms with Gasteiger partial charge in [-0.05, 0) is 31.6 Å². The van der Waals surface area contributed by atoms with E-state index in [1.165, 1.54) is 0 Å². The van der Waals surface area contributed by atoms with Crippen LogP contribution < -0.4 is 0 Å². The number of hydrogen-bond acceptors (Lipinski definition) is 3. The van der Waals surface area contributed by atoms with Crippen molar-refractivity contribution in [3.63, 3.8) is 0 Å². The molecule has 2 rings (SSSR count). The molecule has 0 radical (unpaired) electrons. The topological polar surface area (TPSA) is 52.9 Å². The molecule has 1 unspecified atom stereocenters. The average Bonchev–Trinajstić information content (AvgIpc) is 3.09. The molecule has 1 N–H and O–H groups in total. The Morgan fingerprint density at radius 2 is 2.10 bits per heavy atom. The molecule has 1 atom stereocenters. The van der Waals surface area contributed by atoms with E-state index in [0.717, 1.165) is 0 Å². The fraction of sp³-hybridized carbons (Fsp3) is 0.846. The lowest BCUT2D eigenvalue weighted by atomic mass is 9.99. The summed E-state index contributed by atoms with van der Waals surface area (Å²) in [6.45, 7) is 3.91. The molecule has 1 aliphatic heterocycles. The van der Waals surface area contributed by atoms with Crippen molar-refractivity contribution < 1.29 is 23.1 Å². The molecule has 20 heavy (non-hydrogen) atoms. The number of hydrogen-bond donors (Lipinski definition) is 1. The van der Waals surface area contributed by atoms with Crippen LogP contribution >= 0.6 is 0 Å². The number of hydrazone groups is 1. The second-order valence-corrected chi connectivity index (χ2v) is 6.01. The molecular weight excluding hydrogens is 273 g/mol. The van der Waals surface area contributed by atoms with E-state index < -0.39 is 30.1 Å². The second-order valence-electron chi connectivity index (χ2n) is 6.01. The molecular formula is C13H19F3N2O2. The van der Waals surface area contributed by atoms with E-state index in [1.54, 1.807) is 0 Å². The number of amides is 1. The van der Waals surface area contributed by atoms with Gasteiger partial charge in [0.05, 0.1) is 0 Å². The van der Waals surface area contributed by atoms with Gasteiger partial charge >= 0.3 is 6.18 Å². The number of alkyl halides is 3. The summed E-state index contributed by atoms with van der Waals surface area (Å²) in [5.74, 6) is -0.814. The zero-order chi connectivity index (χ0) is 15.1.